The van der Waals surface area contributed by atoms with Crippen molar-refractivity contribution in [2.75, 3.05) is 11.9 Å². The van der Waals surface area contributed by atoms with Crippen LogP contribution in [0.2, 0.25) is 0 Å². The van der Waals surface area contributed by atoms with E-state index in [9.17, 15) is 18.4 Å². The van der Waals surface area contributed by atoms with Gasteiger partial charge in [-0.3, -0.25) is 9.59 Å². The Morgan fingerprint density at radius 3 is 2.37 bits per heavy atom. The lowest BCUT2D eigenvalue weighted by atomic mass is 10.1. The lowest BCUT2D eigenvalue weighted by Gasteiger charge is -2.14. The molecule has 1 aliphatic rings. The number of nitrogens with one attached hydrogen (secondary N) is 1. The van der Waals surface area contributed by atoms with Crippen LogP contribution in [0.15, 0.2) is 18.2 Å². The smallest absolute Gasteiger partial charge is 0.321 e. The number of halogens is 2. The van der Waals surface area contributed by atoms with Gasteiger partial charge in [0.15, 0.2) is 0 Å². The number of anilines is 1. The number of carbonyl (C=O) groups excluding carboxylic acids is 2. The predicted molar refractivity (Wildman–Crippen MR) is 63.3 cm³/mol. The zero-order valence-electron chi connectivity index (χ0n) is 10.3. The topological polar surface area (TPSA) is 55.4 Å². The van der Waals surface area contributed by atoms with Crippen LogP contribution in [-0.4, -0.2) is 18.5 Å². The van der Waals surface area contributed by atoms with E-state index in [1.165, 1.54) is 6.07 Å². The molecule has 1 aromatic rings. The summed E-state index contributed by atoms with van der Waals surface area (Å²) in [4.78, 5) is 23.6. The van der Waals surface area contributed by atoms with Gasteiger partial charge in [-0.2, -0.15) is 0 Å². The van der Waals surface area contributed by atoms with Crippen molar-refractivity contribution in [3.63, 3.8) is 0 Å². The van der Waals surface area contributed by atoms with Crippen LogP contribution in [0.3, 0.4) is 0 Å². The maximum Gasteiger partial charge on any atom is 0.321 e. The lowest BCUT2D eigenvalue weighted by molar-refractivity contribution is -0.152. The summed E-state index contributed by atoms with van der Waals surface area (Å²) in [7, 11) is 0. The number of para-hydroxylation sites is 1. The number of benzene rings is 1. The third-order valence-corrected chi connectivity index (χ3v) is 3.05. The third kappa shape index (κ3) is 2.43. The fourth-order valence-corrected chi connectivity index (χ4v) is 1.77. The Hall–Kier alpha value is -1.98. The SMILES string of the molecule is CCOC(=O)C1(C(=O)Nc2c(F)cccc2F)CC1. The summed E-state index contributed by atoms with van der Waals surface area (Å²) in [6.45, 7) is 1.78. The fraction of sp³-hybridized carbons (Fsp3) is 0.385. The first-order chi connectivity index (χ1) is 9.01. The molecular weight excluding hydrogens is 256 g/mol. The number of hydrogen-bond acceptors (Lipinski definition) is 3. The Labute approximate surface area is 108 Å². The minimum atomic E-state index is -1.29. The monoisotopic (exact) mass is 269 g/mol. The molecule has 2 rings (SSSR count). The number of amides is 1. The number of ether oxygens (including phenoxy) is 1. The van der Waals surface area contributed by atoms with Crippen molar-refractivity contribution >= 4 is 17.6 Å². The minimum absolute atomic E-state index is 0.155. The Bertz CT molecular complexity index is 506. The van der Waals surface area contributed by atoms with Crippen molar-refractivity contribution in [3.8, 4) is 0 Å². The van der Waals surface area contributed by atoms with E-state index in [2.05, 4.69) is 5.32 Å². The number of carbonyl (C=O) groups is 2. The number of rotatable bonds is 4. The Morgan fingerprint density at radius 1 is 1.32 bits per heavy atom. The quantitative estimate of drug-likeness (QED) is 0.673. The summed E-state index contributed by atoms with van der Waals surface area (Å²) in [5.74, 6) is -3.14. The Morgan fingerprint density at radius 2 is 1.89 bits per heavy atom. The van der Waals surface area contributed by atoms with Crippen LogP contribution in [0.5, 0.6) is 0 Å². The van der Waals surface area contributed by atoms with Crippen molar-refractivity contribution in [2.45, 2.75) is 19.8 Å². The van der Waals surface area contributed by atoms with E-state index in [0.29, 0.717) is 12.8 Å². The summed E-state index contributed by atoms with van der Waals surface area (Å²) >= 11 is 0. The van der Waals surface area contributed by atoms with Gasteiger partial charge in [-0.1, -0.05) is 6.07 Å². The fourth-order valence-electron chi connectivity index (χ4n) is 1.77. The summed E-state index contributed by atoms with van der Waals surface area (Å²) < 4.78 is 31.6. The Balaban J connectivity index is 2.16. The first-order valence-corrected chi connectivity index (χ1v) is 5.94. The molecule has 4 nitrogen and oxygen atoms in total. The largest absolute Gasteiger partial charge is 0.465 e. The highest BCUT2D eigenvalue weighted by Crippen LogP contribution is 2.47. The molecule has 0 atom stereocenters. The van der Waals surface area contributed by atoms with Crippen LogP contribution in [-0.2, 0) is 14.3 Å². The molecule has 0 saturated heterocycles. The predicted octanol–water partition coefficient (Wildman–Crippen LogP) is 2.25. The molecule has 0 heterocycles. The second-order valence-corrected chi connectivity index (χ2v) is 4.35. The van der Waals surface area contributed by atoms with Gasteiger partial charge < -0.3 is 10.1 Å². The average molecular weight is 269 g/mol. The standard InChI is InChI=1S/C13H13F2NO3/c1-2-19-12(18)13(6-7-13)11(17)16-10-8(14)4-3-5-9(10)15/h3-5H,2,6-7H2,1H3,(H,16,17). The molecule has 1 amide bonds. The van der Waals surface area contributed by atoms with E-state index in [1.54, 1.807) is 6.92 Å². The zero-order valence-corrected chi connectivity index (χ0v) is 10.3. The van der Waals surface area contributed by atoms with E-state index >= 15 is 0 Å². The maximum absolute atomic E-state index is 13.4. The van der Waals surface area contributed by atoms with Crippen LogP contribution in [0.4, 0.5) is 14.5 Å². The highest BCUT2D eigenvalue weighted by molar-refractivity contribution is 6.11. The molecule has 0 bridgehead atoms. The average Bonchev–Trinajstić information content (AvgIpc) is 3.15. The van der Waals surface area contributed by atoms with Crippen molar-refractivity contribution in [1.29, 1.82) is 0 Å². The first-order valence-electron chi connectivity index (χ1n) is 5.94. The summed E-state index contributed by atoms with van der Waals surface area (Å²) in [5, 5.41) is 2.13. The molecule has 102 valence electrons. The van der Waals surface area contributed by atoms with E-state index in [1.807, 2.05) is 0 Å². The van der Waals surface area contributed by atoms with Crippen molar-refractivity contribution < 1.29 is 23.1 Å². The molecule has 1 aromatic carbocycles. The van der Waals surface area contributed by atoms with Gasteiger partial charge in [0.25, 0.3) is 0 Å². The van der Waals surface area contributed by atoms with E-state index in [0.717, 1.165) is 12.1 Å². The van der Waals surface area contributed by atoms with Gasteiger partial charge in [0, 0.05) is 0 Å². The molecule has 1 N–H and O–H groups in total. The third-order valence-electron chi connectivity index (χ3n) is 3.05. The van der Waals surface area contributed by atoms with E-state index in [-0.39, 0.29) is 6.61 Å². The van der Waals surface area contributed by atoms with Crippen LogP contribution < -0.4 is 5.32 Å². The molecule has 1 saturated carbocycles. The lowest BCUT2D eigenvalue weighted by Crippen LogP contribution is -2.33. The van der Waals surface area contributed by atoms with Gasteiger partial charge in [-0.25, -0.2) is 8.78 Å². The molecular formula is C13H13F2NO3. The van der Waals surface area contributed by atoms with Gasteiger partial charge in [-0.15, -0.1) is 0 Å². The molecule has 1 fully saturated rings. The normalized spacial score (nSPS) is 15.7. The molecule has 0 aliphatic heterocycles. The molecule has 0 radical (unpaired) electrons. The van der Waals surface area contributed by atoms with Gasteiger partial charge >= 0.3 is 5.97 Å². The summed E-state index contributed by atoms with van der Waals surface area (Å²) in [6, 6.07) is 3.25. The van der Waals surface area contributed by atoms with E-state index < -0.39 is 34.6 Å². The van der Waals surface area contributed by atoms with E-state index in [4.69, 9.17) is 4.74 Å². The number of esters is 1. The van der Waals surface area contributed by atoms with Crippen LogP contribution >= 0.6 is 0 Å². The molecule has 0 unspecified atom stereocenters. The molecule has 19 heavy (non-hydrogen) atoms. The molecule has 0 spiro atoms. The van der Waals surface area contributed by atoms with Crippen LogP contribution in [0.1, 0.15) is 19.8 Å². The minimum Gasteiger partial charge on any atom is -0.465 e. The summed E-state index contributed by atoms with van der Waals surface area (Å²) in [5.41, 5.74) is -1.83. The second kappa shape index (κ2) is 4.95. The highest BCUT2D eigenvalue weighted by atomic mass is 19.1. The van der Waals surface area contributed by atoms with Gasteiger partial charge in [0.2, 0.25) is 5.91 Å². The van der Waals surface area contributed by atoms with Gasteiger partial charge in [0.05, 0.1) is 6.61 Å². The van der Waals surface area contributed by atoms with Crippen molar-refractivity contribution in [3.05, 3.63) is 29.8 Å². The highest BCUT2D eigenvalue weighted by Gasteiger charge is 2.58. The second-order valence-electron chi connectivity index (χ2n) is 4.35. The van der Waals surface area contributed by atoms with Crippen molar-refractivity contribution in [1.82, 2.24) is 0 Å². The first kappa shape index (κ1) is 13.5. The van der Waals surface area contributed by atoms with Gasteiger partial charge in [0.1, 0.15) is 22.7 Å². The molecule has 0 aromatic heterocycles. The zero-order chi connectivity index (χ0) is 14.0. The summed E-state index contributed by atoms with van der Waals surface area (Å²) in [6.07, 6.45) is 0.654. The van der Waals surface area contributed by atoms with Crippen LogP contribution in [0, 0.1) is 17.0 Å². The van der Waals surface area contributed by atoms with Crippen molar-refractivity contribution in [2.24, 2.45) is 5.41 Å². The van der Waals surface area contributed by atoms with Crippen LogP contribution in [0.25, 0.3) is 0 Å². The van der Waals surface area contributed by atoms with Gasteiger partial charge in [-0.05, 0) is 31.9 Å². The molecule has 6 heteroatoms. The number of hydrogen-bond donors (Lipinski definition) is 1. The maximum atomic E-state index is 13.4. The molecule has 1 aliphatic carbocycles. The Kier molecular flexibility index (Phi) is 3.50.